The molecule has 5 rings (SSSR count). The van der Waals surface area contributed by atoms with Gasteiger partial charge in [0.05, 0.1) is 33.1 Å². The Morgan fingerprint density at radius 3 is 2.43 bits per heavy atom. The first-order valence-electron chi connectivity index (χ1n) is 15.0. The van der Waals surface area contributed by atoms with Gasteiger partial charge in [0.15, 0.2) is 23.0 Å². The summed E-state index contributed by atoms with van der Waals surface area (Å²) in [7, 11) is 4.66. The van der Waals surface area contributed by atoms with E-state index in [0.29, 0.717) is 83.8 Å². The molecule has 3 aromatic rings. The van der Waals surface area contributed by atoms with Crippen LogP contribution in [-0.4, -0.2) is 64.4 Å². The summed E-state index contributed by atoms with van der Waals surface area (Å²) in [6.45, 7) is 2.36. The maximum Gasteiger partial charge on any atom is 0.246 e. The fourth-order valence-corrected chi connectivity index (χ4v) is 6.34. The van der Waals surface area contributed by atoms with Crippen molar-refractivity contribution < 1.29 is 33.3 Å². The Bertz CT molecular complexity index is 1680. The maximum absolute atomic E-state index is 13.9. The van der Waals surface area contributed by atoms with Gasteiger partial charge in [-0.1, -0.05) is 6.07 Å². The first-order valence-corrected chi connectivity index (χ1v) is 16.4. The van der Waals surface area contributed by atoms with Gasteiger partial charge in [-0.25, -0.2) is 0 Å². The summed E-state index contributed by atoms with van der Waals surface area (Å²) < 4.78 is 28.4. The van der Waals surface area contributed by atoms with E-state index in [1.165, 1.54) is 20.1 Å². The van der Waals surface area contributed by atoms with E-state index >= 15 is 0 Å². The highest BCUT2D eigenvalue weighted by atomic mass is 32.2. The number of thioether (sulfide) groups is 1. The van der Waals surface area contributed by atoms with E-state index < -0.39 is 12.1 Å². The molecule has 2 amide bonds. The molecule has 1 heterocycles. The molecule has 2 atom stereocenters. The summed E-state index contributed by atoms with van der Waals surface area (Å²) in [5.41, 5.74) is 3.51. The minimum Gasteiger partial charge on any atom is -0.493 e. The van der Waals surface area contributed by atoms with Gasteiger partial charge in [-0.2, -0.15) is 11.8 Å². The molecule has 0 saturated carbocycles. The molecule has 2 aliphatic rings. The molecule has 244 valence electrons. The second-order valence-corrected chi connectivity index (χ2v) is 11.9. The van der Waals surface area contributed by atoms with Crippen molar-refractivity contribution in [1.82, 2.24) is 5.32 Å². The number of methoxy groups -OCH3 is 3. The minimum absolute atomic E-state index is 0.214. The first-order chi connectivity index (χ1) is 22.3. The van der Waals surface area contributed by atoms with Gasteiger partial charge in [0.25, 0.3) is 0 Å². The number of rotatable bonds is 11. The quantitative estimate of drug-likeness (QED) is 0.266. The lowest BCUT2D eigenvalue weighted by atomic mass is 9.95. The molecule has 3 aromatic carbocycles. The molecular formula is C34H39N3O8S. The van der Waals surface area contributed by atoms with Crippen LogP contribution in [0.5, 0.6) is 28.7 Å². The predicted molar refractivity (Wildman–Crippen MR) is 179 cm³/mol. The average molecular weight is 650 g/mol. The summed E-state index contributed by atoms with van der Waals surface area (Å²) in [6.07, 6.45) is 3.56. The number of aryl methyl sites for hydroxylation is 1. The maximum atomic E-state index is 13.9. The van der Waals surface area contributed by atoms with Crippen LogP contribution >= 0.6 is 11.8 Å². The number of nitrogens with one attached hydrogen (secondary N) is 3. The molecule has 0 radical (unpaired) electrons. The van der Waals surface area contributed by atoms with E-state index in [0.717, 1.165) is 11.1 Å². The van der Waals surface area contributed by atoms with Gasteiger partial charge < -0.3 is 39.6 Å². The van der Waals surface area contributed by atoms with Gasteiger partial charge in [0.2, 0.25) is 23.0 Å². The fourth-order valence-electron chi connectivity index (χ4n) is 5.87. The Morgan fingerprint density at radius 1 is 0.978 bits per heavy atom. The molecule has 12 heteroatoms. The lowest BCUT2D eigenvalue weighted by Gasteiger charge is -2.21. The molecule has 0 saturated heterocycles. The number of ether oxygens (including phenoxy) is 5. The molecular weight excluding hydrogens is 610 g/mol. The number of carbonyl (C=O) groups is 2. The van der Waals surface area contributed by atoms with Crippen LogP contribution in [0, 0.1) is 0 Å². The summed E-state index contributed by atoms with van der Waals surface area (Å²) in [4.78, 5) is 39.7. The van der Waals surface area contributed by atoms with E-state index in [4.69, 9.17) is 23.7 Å². The van der Waals surface area contributed by atoms with Crippen molar-refractivity contribution >= 4 is 35.0 Å². The first kappa shape index (κ1) is 32.8. The van der Waals surface area contributed by atoms with Gasteiger partial charge in [0.1, 0.15) is 19.3 Å². The van der Waals surface area contributed by atoms with Crippen LogP contribution in [0.1, 0.15) is 36.9 Å². The zero-order valence-corrected chi connectivity index (χ0v) is 27.4. The zero-order valence-electron chi connectivity index (χ0n) is 26.6. The Morgan fingerprint density at radius 2 is 1.74 bits per heavy atom. The van der Waals surface area contributed by atoms with Crippen molar-refractivity contribution in [3.8, 4) is 39.9 Å². The number of hydrogen-bond donors (Lipinski definition) is 3. The molecule has 0 aromatic heterocycles. The fraction of sp³-hybridized carbons (Fsp3) is 0.382. The van der Waals surface area contributed by atoms with Crippen LogP contribution in [0.15, 0.2) is 47.3 Å². The van der Waals surface area contributed by atoms with E-state index in [1.807, 2.05) is 18.4 Å². The monoisotopic (exact) mass is 649 g/mol. The van der Waals surface area contributed by atoms with Crippen LogP contribution in [0.4, 0.5) is 11.4 Å². The van der Waals surface area contributed by atoms with Crippen molar-refractivity contribution in [3.05, 3.63) is 63.8 Å². The van der Waals surface area contributed by atoms with Crippen molar-refractivity contribution in [2.24, 2.45) is 0 Å². The third-order valence-corrected chi connectivity index (χ3v) is 8.63. The van der Waals surface area contributed by atoms with E-state index in [9.17, 15) is 14.4 Å². The third kappa shape index (κ3) is 6.96. The molecule has 1 aliphatic heterocycles. The number of hydrogen-bond acceptors (Lipinski definition) is 10. The Hall–Kier alpha value is -4.58. The van der Waals surface area contributed by atoms with Crippen molar-refractivity contribution in [3.63, 3.8) is 0 Å². The summed E-state index contributed by atoms with van der Waals surface area (Å²) in [6, 6.07) is 11.0. The van der Waals surface area contributed by atoms with Crippen LogP contribution in [0.2, 0.25) is 0 Å². The van der Waals surface area contributed by atoms with Crippen LogP contribution in [0.3, 0.4) is 0 Å². The largest absolute Gasteiger partial charge is 0.493 e. The lowest BCUT2D eigenvalue weighted by Crippen LogP contribution is -2.36. The van der Waals surface area contributed by atoms with E-state index in [-0.39, 0.29) is 22.9 Å². The number of fused-ring (bicyclic) bond motifs is 4. The summed E-state index contributed by atoms with van der Waals surface area (Å²) in [5.74, 6) is 2.78. The average Bonchev–Trinajstić information content (AvgIpc) is 3.29. The number of amides is 2. The second kappa shape index (κ2) is 14.7. The van der Waals surface area contributed by atoms with Gasteiger partial charge in [-0.3, -0.25) is 14.4 Å². The lowest BCUT2D eigenvalue weighted by molar-refractivity contribution is -0.120. The van der Waals surface area contributed by atoms with Gasteiger partial charge in [-0.05, 0) is 78.3 Å². The van der Waals surface area contributed by atoms with Crippen LogP contribution < -0.4 is 45.1 Å². The van der Waals surface area contributed by atoms with Gasteiger partial charge in [0, 0.05) is 24.2 Å². The Balaban J connectivity index is 1.56. The third-order valence-electron chi connectivity index (χ3n) is 7.98. The standard InChI is InChI=1S/C34H39N3O8S/c1-19(38)35-24-9-6-20-16-30(41-2)32(42-3)33(43-4)31(20)22-8-10-25(27(39)18-23(22)24)37-26(12-15-46-5)34(40)36-21-7-11-28-29(17-21)45-14-13-44-28/h7-8,10-11,16-18,24,26H,6,9,12-15H2,1-5H3,(H,35,38)(H,36,40)(H,37,39). The number of carbonyl (C=O) groups excluding carboxylic acids is 2. The highest BCUT2D eigenvalue weighted by Gasteiger charge is 2.30. The van der Waals surface area contributed by atoms with Crippen molar-refractivity contribution in [2.75, 3.05) is 57.2 Å². The van der Waals surface area contributed by atoms with Gasteiger partial charge >= 0.3 is 0 Å². The smallest absolute Gasteiger partial charge is 0.246 e. The highest BCUT2D eigenvalue weighted by Crippen LogP contribution is 2.50. The normalized spacial score (nSPS) is 15.3. The molecule has 2 unspecified atom stereocenters. The second-order valence-electron chi connectivity index (χ2n) is 10.9. The number of benzene rings is 2. The zero-order chi connectivity index (χ0) is 32.8. The van der Waals surface area contributed by atoms with E-state index in [1.54, 1.807) is 50.2 Å². The molecule has 11 nitrogen and oxygen atoms in total. The molecule has 46 heavy (non-hydrogen) atoms. The summed E-state index contributed by atoms with van der Waals surface area (Å²) in [5, 5.41) is 9.19. The Kier molecular flexibility index (Phi) is 10.5. The van der Waals surface area contributed by atoms with Crippen molar-refractivity contribution in [1.29, 1.82) is 0 Å². The number of anilines is 2. The molecule has 3 N–H and O–H groups in total. The molecule has 0 spiro atoms. The molecule has 1 aliphatic carbocycles. The highest BCUT2D eigenvalue weighted by molar-refractivity contribution is 7.98. The summed E-state index contributed by atoms with van der Waals surface area (Å²) >= 11 is 1.61. The molecule has 0 bridgehead atoms. The Labute approximate surface area is 272 Å². The SMILES string of the molecule is COc1cc2c(c(OC)c1OC)-c1ccc(NC(CCSC)C(=O)Nc3ccc4c(c3)OCCO4)c(=O)cc1C(NC(C)=O)CC2. The predicted octanol–water partition coefficient (Wildman–Crippen LogP) is 4.81. The topological polar surface area (TPSA) is 133 Å². The van der Waals surface area contributed by atoms with Gasteiger partial charge in [-0.15, -0.1) is 0 Å². The minimum atomic E-state index is -0.715. The van der Waals surface area contributed by atoms with Crippen LogP contribution in [0.25, 0.3) is 11.1 Å². The van der Waals surface area contributed by atoms with Crippen molar-refractivity contribution in [2.45, 2.75) is 38.3 Å². The van der Waals surface area contributed by atoms with E-state index in [2.05, 4.69) is 16.0 Å². The van der Waals surface area contributed by atoms with Crippen LogP contribution in [-0.2, 0) is 16.0 Å². The molecule has 0 fully saturated rings.